The Morgan fingerprint density at radius 2 is 1.76 bits per heavy atom. The number of nitrogens with one attached hydrogen (secondary N) is 1. The van der Waals surface area contributed by atoms with Gasteiger partial charge in [0.1, 0.15) is 5.75 Å². The molecule has 0 fully saturated rings. The van der Waals surface area contributed by atoms with Gasteiger partial charge in [-0.15, -0.1) is 0 Å². The molecule has 0 spiro atoms. The molecule has 0 unspecified atom stereocenters. The molecule has 0 radical (unpaired) electrons. The van der Waals surface area contributed by atoms with Gasteiger partial charge < -0.3 is 14.6 Å². The zero-order valence-electron chi connectivity index (χ0n) is 13.6. The molecule has 4 nitrogen and oxygen atoms in total. The summed E-state index contributed by atoms with van der Waals surface area (Å²) in [6.45, 7) is 0. The van der Waals surface area contributed by atoms with Crippen LogP contribution in [0.1, 0.15) is 10.4 Å². The van der Waals surface area contributed by atoms with Gasteiger partial charge in [-0.2, -0.15) is 0 Å². The van der Waals surface area contributed by atoms with E-state index in [2.05, 4.69) is 16.9 Å². The summed E-state index contributed by atoms with van der Waals surface area (Å²) in [6.07, 6.45) is 0. The highest BCUT2D eigenvalue weighted by Crippen LogP contribution is 2.33. The maximum Gasteiger partial charge on any atom is 0.335 e. The highest BCUT2D eigenvalue weighted by atomic mass is 32.2. The van der Waals surface area contributed by atoms with Crippen molar-refractivity contribution in [1.82, 2.24) is 0 Å². The molecule has 0 bridgehead atoms. The summed E-state index contributed by atoms with van der Waals surface area (Å²) in [6, 6.07) is 22.8. The third-order valence-corrected chi connectivity index (χ3v) is 4.48. The minimum absolute atomic E-state index is 0.261. The normalized spacial score (nSPS) is 10.3. The molecule has 0 saturated carbocycles. The molecule has 3 aromatic carbocycles. The number of methoxy groups -OCH3 is 1. The third-order valence-electron chi connectivity index (χ3n) is 3.67. The minimum Gasteiger partial charge on any atom is -0.495 e. The van der Waals surface area contributed by atoms with Gasteiger partial charge in [0.2, 0.25) is 0 Å². The lowest BCUT2D eigenvalue weighted by atomic mass is 10.1. The highest BCUT2D eigenvalue weighted by Gasteiger charge is 2.08. The first-order chi connectivity index (χ1) is 12.2. The van der Waals surface area contributed by atoms with Crippen molar-refractivity contribution in [1.29, 1.82) is 0 Å². The van der Waals surface area contributed by atoms with Gasteiger partial charge in [0.15, 0.2) is 0 Å². The van der Waals surface area contributed by atoms with E-state index in [9.17, 15) is 4.79 Å². The van der Waals surface area contributed by atoms with E-state index in [1.54, 1.807) is 25.3 Å². The second kappa shape index (κ2) is 7.77. The average Bonchev–Trinajstić information content (AvgIpc) is 2.67. The van der Waals surface area contributed by atoms with E-state index in [0.29, 0.717) is 0 Å². The molecule has 25 heavy (non-hydrogen) atoms. The van der Waals surface area contributed by atoms with Crippen LogP contribution in [0.3, 0.4) is 0 Å². The Morgan fingerprint density at radius 3 is 2.48 bits per heavy atom. The molecule has 0 aromatic heterocycles. The Kier molecular flexibility index (Phi) is 5.26. The number of carbonyl (C=O) groups is 1. The third kappa shape index (κ3) is 4.14. The molecule has 0 aliphatic heterocycles. The van der Waals surface area contributed by atoms with Crippen LogP contribution in [0.25, 0.3) is 11.1 Å². The number of ether oxygens (including phenoxy) is 1. The summed E-state index contributed by atoms with van der Waals surface area (Å²) < 4.78 is 8.67. The molecule has 3 rings (SSSR count). The van der Waals surface area contributed by atoms with Crippen molar-refractivity contribution in [2.75, 3.05) is 11.8 Å². The SMILES string of the molecule is COc1ccc(-c2ccccc2)cc1NSc1cccc(C(=O)O)c1. The van der Waals surface area contributed by atoms with Crippen LogP contribution in [0.2, 0.25) is 0 Å². The molecular formula is C20H17NO3S. The number of carboxylic acid groups (broad SMARTS) is 1. The Labute approximate surface area is 150 Å². The van der Waals surface area contributed by atoms with Crippen molar-refractivity contribution in [2.45, 2.75) is 4.90 Å². The molecule has 0 aliphatic rings. The molecule has 2 N–H and O–H groups in total. The molecule has 0 aliphatic carbocycles. The van der Waals surface area contributed by atoms with Gasteiger partial charge in [-0.25, -0.2) is 4.79 Å². The van der Waals surface area contributed by atoms with E-state index in [1.807, 2.05) is 42.5 Å². The van der Waals surface area contributed by atoms with E-state index in [4.69, 9.17) is 9.84 Å². The smallest absolute Gasteiger partial charge is 0.335 e. The summed E-state index contributed by atoms with van der Waals surface area (Å²) in [5.74, 6) is -0.215. The van der Waals surface area contributed by atoms with Gasteiger partial charge in [-0.1, -0.05) is 42.5 Å². The fraction of sp³-hybridized carbons (Fsp3) is 0.0500. The van der Waals surface area contributed by atoms with Crippen LogP contribution >= 0.6 is 11.9 Å². The number of hydrogen-bond acceptors (Lipinski definition) is 4. The second-order valence-corrected chi connectivity index (χ2v) is 6.20. The summed E-state index contributed by atoms with van der Waals surface area (Å²) >= 11 is 1.35. The van der Waals surface area contributed by atoms with Crippen LogP contribution in [-0.4, -0.2) is 18.2 Å². The number of benzene rings is 3. The van der Waals surface area contributed by atoms with E-state index in [-0.39, 0.29) is 5.56 Å². The standard InChI is InChI=1S/C20H17NO3S/c1-24-19-11-10-15(14-6-3-2-4-7-14)13-18(19)21-25-17-9-5-8-16(12-17)20(22)23/h2-13,21H,1H3,(H,22,23). The summed E-state index contributed by atoms with van der Waals surface area (Å²) in [5, 5.41) is 9.09. The van der Waals surface area contributed by atoms with E-state index in [0.717, 1.165) is 27.5 Å². The maximum atomic E-state index is 11.1. The Morgan fingerprint density at radius 1 is 0.960 bits per heavy atom. The van der Waals surface area contributed by atoms with Gasteiger partial charge in [-0.05, 0) is 53.4 Å². The van der Waals surface area contributed by atoms with Crippen LogP contribution in [0.4, 0.5) is 5.69 Å². The molecule has 0 saturated heterocycles. The summed E-state index contributed by atoms with van der Waals surface area (Å²) in [7, 11) is 1.62. The van der Waals surface area contributed by atoms with Gasteiger partial charge in [0.25, 0.3) is 0 Å². The fourth-order valence-electron chi connectivity index (χ4n) is 2.40. The number of rotatable bonds is 6. The van der Waals surface area contributed by atoms with E-state index < -0.39 is 5.97 Å². The Hall–Kier alpha value is -2.92. The Balaban J connectivity index is 1.84. The van der Waals surface area contributed by atoms with Crippen LogP contribution < -0.4 is 9.46 Å². The van der Waals surface area contributed by atoms with E-state index in [1.165, 1.54) is 11.9 Å². The molecule has 0 amide bonds. The summed E-state index contributed by atoms with van der Waals surface area (Å²) in [4.78, 5) is 11.9. The molecule has 5 heteroatoms. The topological polar surface area (TPSA) is 58.6 Å². The van der Waals surface area contributed by atoms with Gasteiger partial charge in [0.05, 0.1) is 18.4 Å². The van der Waals surface area contributed by atoms with Crippen molar-refractivity contribution in [3.63, 3.8) is 0 Å². The molecule has 0 atom stereocenters. The van der Waals surface area contributed by atoms with Crippen LogP contribution in [0, 0.1) is 0 Å². The molecular weight excluding hydrogens is 334 g/mol. The first-order valence-electron chi connectivity index (χ1n) is 7.67. The number of anilines is 1. The van der Waals surface area contributed by atoms with Crippen LogP contribution in [0.15, 0.2) is 77.7 Å². The van der Waals surface area contributed by atoms with Crippen molar-refractivity contribution >= 4 is 23.6 Å². The van der Waals surface area contributed by atoms with Gasteiger partial charge in [-0.3, -0.25) is 0 Å². The molecule has 126 valence electrons. The van der Waals surface area contributed by atoms with E-state index >= 15 is 0 Å². The number of carboxylic acids is 1. The average molecular weight is 351 g/mol. The highest BCUT2D eigenvalue weighted by molar-refractivity contribution is 8.00. The van der Waals surface area contributed by atoms with Gasteiger partial charge >= 0.3 is 5.97 Å². The predicted molar refractivity (Wildman–Crippen MR) is 101 cm³/mol. The quantitative estimate of drug-likeness (QED) is 0.599. The van der Waals surface area contributed by atoms with Gasteiger partial charge in [0, 0.05) is 4.90 Å². The van der Waals surface area contributed by atoms with Crippen LogP contribution in [0.5, 0.6) is 5.75 Å². The maximum absolute atomic E-state index is 11.1. The summed E-state index contributed by atoms with van der Waals surface area (Å²) in [5.41, 5.74) is 3.28. The van der Waals surface area contributed by atoms with Crippen molar-refractivity contribution in [3.8, 4) is 16.9 Å². The molecule has 0 heterocycles. The first kappa shape index (κ1) is 16.9. The largest absolute Gasteiger partial charge is 0.495 e. The predicted octanol–water partition coefficient (Wildman–Crippen LogP) is 5.18. The van der Waals surface area contributed by atoms with Crippen LogP contribution in [-0.2, 0) is 0 Å². The zero-order valence-corrected chi connectivity index (χ0v) is 14.4. The number of aromatic carboxylic acids is 1. The second-order valence-electron chi connectivity index (χ2n) is 5.32. The first-order valence-corrected chi connectivity index (χ1v) is 8.48. The lowest BCUT2D eigenvalue weighted by Crippen LogP contribution is -1.97. The lowest BCUT2D eigenvalue weighted by Gasteiger charge is -2.13. The monoisotopic (exact) mass is 351 g/mol. The minimum atomic E-state index is -0.939. The lowest BCUT2D eigenvalue weighted by molar-refractivity contribution is 0.0696. The number of hydrogen-bond donors (Lipinski definition) is 2. The zero-order chi connectivity index (χ0) is 17.6. The fourth-order valence-corrected chi connectivity index (χ4v) is 3.12. The Bertz CT molecular complexity index is 881. The van der Waals surface area contributed by atoms with Crippen molar-refractivity contribution < 1.29 is 14.6 Å². The molecule has 3 aromatic rings. The van der Waals surface area contributed by atoms with Crippen molar-refractivity contribution in [3.05, 3.63) is 78.4 Å². The van der Waals surface area contributed by atoms with Crippen molar-refractivity contribution in [2.24, 2.45) is 0 Å².